The van der Waals surface area contributed by atoms with Crippen molar-refractivity contribution in [1.29, 1.82) is 0 Å². The van der Waals surface area contributed by atoms with E-state index in [-0.39, 0.29) is 11.9 Å². The fourth-order valence-electron chi connectivity index (χ4n) is 2.10. The quantitative estimate of drug-likeness (QED) is 0.776. The molecular formula is C14H18O2. The van der Waals surface area contributed by atoms with Gasteiger partial charge in [0.25, 0.3) is 0 Å². The summed E-state index contributed by atoms with van der Waals surface area (Å²) in [6, 6.07) is 5.84. The van der Waals surface area contributed by atoms with Crippen LogP contribution in [0.5, 0.6) is 5.75 Å². The van der Waals surface area contributed by atoms with E-state index in [0.29, 0.717) is 6.42 Å². The molecule has 0 radical (unpaired) electrons. The third kappa shape index (κ3) is 2.26. The summed E-state index contributed by atoms with van der Waals surface area (Å²) in [6.45, 7) is 4.15. The van der Waals surface area contributed by atoms with Gasteiger partial charge in [-0.1, -0.05) is 31.4 Å². The van der Waals surface area contributed by atoms with Crippen LogP contribution in [0.25, 0.3) is 0 Å². The fourth-order valence-corrected chi connectivity index (χ4v) is 2.10. The van der Waals surface area contributed by atoms with Crippen molar-refractivity contribution >= 4 is 5.78 Å². The predicted octanol–water partition coefficient (Wildman–Crippen LogP) is 3.52. The Morgan fingerprint density at radius 2 is 2.25 bits per heavy atom. The molecule has 2 nitrogen and oxygen atoms in total. The lowest BCUT2D eigenvalue weighted by molar-refractivity contribution is 0.0835. The number of ketones is 1. The molecule has 2 heteroatoms. The molecule has 1 atom stereocenters. The molecule has 0 spiro atoms. The molecule has 0 aliphatic carbocycles. The average molecular weight is 218 g/mol. The van der Waals surface area contributed by atoms with Crippen LogP contribution in [-0.4, -0.2) is 11.9 Å². The van der Waals surface area contributed by atoms with Gasteiger partial charge in [0, 0.05) is 6.42 Å². The first-order chi connectivity index (χ1) is 7.70. The maximum absolute atomic E-state index is 11.9. The van der Waals surface area contributed by atoms with Crippen molar-refractivity contribution < 1.29 is 9.53 Å². The summed E-state index contributed by atoms with van der Waals surface area (Å²) < 4.78 is 5.84. The summed E-state index contributed by atoms with van der Waals surface area (Å²) in [5.41, 5.74) is 1.87. The second-order valence-electron chi connectivity index (χ2n) is 4.51. The van der Waals surface area contributed by atoms with Crippen LogP contribution in [0.1, 0.15) is 48.5 Å². The van der Waals surface area contributed by atoms with Crippen LogP contribution < -0.4 is 4.74 Å². The Kier molecular flexibility index (Phi) is 3.28. The van der Waals surface area contributed by atoms with Crippen LogP contribution in [0.4, 0.5) is 0 Å². The minimum absolute atomic E-state index is 0.0858. The van der Waals surface area contributed by atoms with E-state index < -0.39 is 0 Å². The van der Waals surface area contributed by atoms with Gasteiger partial charge in [0.1, 0.15) is 11.9 Å². The smallest absolute Gasteiger partial charge is 0.170 e. The summed E-state index contributed by atoms with van der Waals surface area (Å²) in [6.07, 6.45) is 3.88. The van der Waals surface area contributed by atoms with Crippen molar-refractivity contribution in [3.05, 3.63) is 29.3 Å². The van der Waals surface area contributed by atoms with Crippen LogP contribution >= 0.6 is 0 Å². The second-order valence-corrected chi connectivity index (χ2v) is 4.51. The lowest BCUT2D eigenvalue weighted by Crippen LogP contribution is -2.26. The zero-order chi connectivity index (χ0) is 11.5. The third-order valence-electron chi connectivity index (χ3n) is 3.02. The highest BCUT2D eigenvalue weighted by atomic mass is 16.5. The van der Waals surface area contributed by atoms with E-state index in [9.17, 15) is 4.79 Å². The Morgan fingerprint density at radius 1 is 1.44 bits per heavy atom. The number of aryl methyl sites for hydroxylation is 1. The van der Waals surface area contributed by atoms with Gasteiger partial charge in [-0.3, -0.25) is 4.79 Å². The van der Waals surface area contributed by atoms with E-state index in [2.05, 4.69) is 6.92 Å². The topological polar surface area (TPSA) is 26.3 Å². The van der Waals surface area contributed by atoms with Gasteiger partial charge in [-0.05, 0) is 25.5 Å². The lowest BCUT2D eigenvalue weighted by Gasteiger charge is -2.25. The van der Waals surface area contributed by atoms with Crippen molar-refractivity contribution in [3.63, 3.8) is 0 Å². The second kappa shape index (κ2) is 4.69. The molecule has 0 saturated heterocycles. The van der Waals surface area contributed by atoms with Gasteiger partial charge in [0.05, 0.1) is 5.56 Å². The number of rotatable bonds is 3. The highest BCUT2D eigenvalue weighted by Crippen LogP contribution is 2.29. The molecule has 2 rings (SSSR count). The maximum atomic E-state index is 11.9. The third-order valence-corrected chi connectivity index (χ3v) is 3.02. The molecule has 86 valence electrons. The van der Waals surface area contributed by atoms with Crippen molar-refractivity contribution in [2.45, 2.75) is 45.6 Å². The van der Waals surface area contributed by atoms with Gasteiger partial charge in [-0.2, -0.15) is 0 Å². The number of Topliss-reactive ketones (excluding diaryl/α,β-unsaturated/α-hetero) is 1. The van der Waals surface area contributed by atoms with E-state index in [4.69, 9.17) is 4.74 Å². The molecule has 16 heavy (non-hydrogen) atoms. The molecule has 1 aliphatic heterocycles. The molecule has 1 heterocycles. The van der Waals surface area contributed by atoms with E-state index in [1.165, 1.54) is 0 Å². The molecule has 0 fully saturated rings. The first-order valence-electron chi connectivity index (χ1n) is 6.01. The standard InChI is InChI=1S/C14H18O2/c1-3-4-5-11-9-13(15)12-8-10(2)6-7-14(12)16-11/h6-8,11H,3-5,9H2,1-2H3. The summed E-state index contributed by atoms with van der Waals surface area (Å²) in [5.74, 6) is 0.994. The van der Waals surface area contributed by atoms with Crippen molar-refractivity contribution in [3.8, 4) is 5.75 Å². The van der Waals surface area contributed by atoms with E-state index >= 15 is 0 Å². The molecule has 0 saturated carbocycles. The average Bonchev–Trinajstić information content (AvgIpc) is 2.27. The number of benzene rings is 1. The molecule has 1 aliphatic rings. The molecular weight excluding hydrogens is 200 g/mol. The van der Waals surface area contributed by atoms with Crippen molar-refractivity contribution in [1.82, 2.24) is 0 Å². The van der Waals surface area contributed by atoms with Crippen LogP contribution in [0, 0.1) is 6.92 Å². The number of carbonyl (C=O) groups is 1. The predicted molar refractivity (Wildman–Crippen MR) is 64.1 cm³/mol. The van der Waals surface area contributed by atoms with Gasteiger partial charge < -0.3 is 4.74 Å². The summed E-state index contributed by atoms with van der Waals surface area (Å²) >= 11 is 0. The first-order valence-corrected chi connectivity index (χ1v) is 6.01. The Morgan fingerprint density at radius 3 is 3.00 bits per heavy atom. The van der Waals surface area contributed by atoms with E-state index in [0.717, 1.165) is 36.1 Å². The Balaban J connectivity index is 2.17. The van der Waals surface area contributed by atoms with Gasteiger partial charge in [0.15, 0.2) is 5.78 Å². The van der Waals surface area contributed by atoms with Crippen LogP contribution in [-0.2, 0) is 0 Å². The molecule has 1 aromatic carbocycles. The Hall–Kier alpha value is -1.31. The molecule has 0 aromatic heterocycles. The van der Waals surface area contributed by atoms with Gasteiger partial charge in [-0.15, -0.1) is 0 Å². The largest absolute Gasteiger partial charge is 0.489 e. The monoisotopic (exact) mass is 218 g/mol. The number of unbranched alkanes of at least 4 members (excludes halogenated alkanes) is 1. The maximum Gasteiger partial charge on any atom is 0.170 e. The fraction of sp³-hybridized carbons (Fsp3) is 0.500. The summed E-state index contributed by atoms with van der Waals surface area (Å²) in [5, 5.41) is 0. The summed E-state index contributed by atoms with van der Waals surface area (Å²) in [4.78, 5) is 11.9. The Labute approximate surface area is 96.6 Å². The van der Waals surface area contributed by atoms with Gasteiger partial charge in [0.2, 0.25) is 0 Å². The van der Waals surface area contributed by atoms with Gasteiger partial charge in [-0.25, -0.2) is 0 Å². The SMILES string of the molecule is CCCCC1CC(=O)c2cc(C)ccc2O1. The van der Waals surface area contributed by atoms with Crippen LogP contribution in [0.15, 0.2) is 18.2 Å². The van der Waals surface area contributed by atoms with E-state index in [1.54, 1.807) is 0 Å². The highest BCUT2D eigenvalue weighted by Gasteiger charge is 2.25. The van der Waals surface area contributed by atoms with E-state index in [1.807, 2.05) is 25.1 Å². The molecule has 1 unspecified atom stereocenters. The number of hydrogen-bond acceptors (Lipinski definition) is 2. The molecule has 0 bridgehead atoms. The van der Waals surface area contributed by atoms with Crippen molar-refractivity contribution in [2.24, 2.45) is 0 Å². The van der Waals surface area contributed by atoms with Crippen molar-refractivity contribution in [2.75, 3.05) is 0 Å². The minimum Gasteiger partial charge on any atom is -0.489 e. The number of carbonyl (C=O) groups excluding carboxylic acids is 1. The number of fused-ring (bicyclic) bond motifs is 1. The van der Waals surface area contributed by atoms with Crippen LogP contribution in [0.2, 0.25) is 0 Å². The highest BCUT2D eigenvalue weighted by molar-refractivity contribution is 6.00. The normalized spacial score (nSPS) is 19.1. The number of ether oxygens (including phenoxy) is 1. The zero-order valence-corrected chi connectivity index (χ0v) is 9.95. The molecule has 0 N–H and O–H groups in total. The molecule has 1 aromatic rings. The zero-order valence-electron chi connectivity index (χ0n) is 9.95. The summed E-state index contributed by atoms with van der Waals surface area (Å²) in [7, 11) is 0. The molecule has 0 amide bonds. The Bertz CT molecular complexity index is 396. The lowest BCUT2D eigenvalue weighted by atomic mass is 9.96. The first kappa shape index (κ1) is 11.2. The van der Waals surface area contributed by atoms with Gasteiger partial charge >= 0.3 is 0 Å². The van der Waals surface area contributed by atoms with Crippen LogP contribution in [0.3, 0.4) is 0 Å². The minimum atomic E-state index is 0.0858. The number of hydrogen-bond donors (Lipinski definition) is 0.